The van der Waals surface area contributed by atoms with Gasteiger partial charge in [0.15, 0.2) is 5.69 Å². The molecule has 0 aliphatic rings. The van der Waals surface area contributed by atoms with Crippen LogP contribution in [0, 0.1) is 12.3 Å². The number of nitrogens with one attached hydrogen (secondary N) is 2. The van der Waals surface area contributed by atoms with Gasteiger partial charge in [-0.05, 0) is 25.8 Å². The maximum atomic E-state index is 12.3. The molecule has 0 fully saturated rings. The van der Waals surface area contributed by atoms with Crippen molar-refractivity contribution in [1.82, 2.24) is 15.8 Å². The highest BCUT2D eigenvalue weighted by Gasteiger charge is 2.28. The Bertz CT molecular complexity index is 452. The normalized spacial score (nSPS) is 13.3. The van der Waals surface area contributed by atoms with Crippen LogP contribution in [0.4, 0.5) is 0 Å². The Hall–Kier alpha value is -1.36. The summed E-state index contributed by atoms with van der Waals surface area (Å²) in [6.07, 6.45) is 0.744. The molecule has 5 heteroatoms. The molecule has 0 saturated carbocycles. The molecule has 0 aromatic carbocycles. The fraction of sp³-hybridized carbons (Fsp3) is 0.733. The van der Waals surface area contributed by atoms with E-state index in [1.54, 1.807) is 0 Å². The van der Waals surface area contributed by atoms with Crippen molar-refractivity contribution in [1.29, 1.82) is 0 Å². The molecule has 1 atom stereocenters. The largest absolute Gasteiger partial charge is 0.360 e. The summed E-state index contributed by atoms with van der Waals surface area (Å²) in [5, 5.41) is 10.2. The van der Waals surface area contributed by atoms with Crippen LogP contribution >= 0.6 is 0 Å². The van der Waals surface area contributed by atoms with Crippen LogP contribution in [0.3, 0.4) is 0 Å². The van der Waals surface area contributed by atoms with Crippen molar-refractivity contribution in [2.45, 2.75) is 54.0 Å². The van der Waals surface area contributed by atoms with Crippen molar-refractivity contribution in [2.24, 2.45) is 5.41 Å². The van der Waals surface area contributed by atoms with Gasteiger partial charge in [-0.25, -0.2) is 0 Å². The summed E-state index contributed by atoms with van der Waals surface area (Å²) in [6.45, 7) is 14.0. The second kappa shape index (κ2) is 6.88. The molecule has 1 rings (SSSR count). The lowest BCUT2D eigenvalue weighted by atomic mass is 9.85. The first-order valence-corrected chi connectivity index (χ1v) is 7.30. The van der Waals surface area contributed by atoms with Crippen LogP contribution in [0.1, 0.15) is 56.4 Å². The van der Waals surface area contributed by atoms with Crippen molar-refractivity contribution >= 4 is 5.91 Å². The molecule has 1 unspecified atom stereocenters. The zero-order valence-corrected chi connectivity index (χ0v) is 13.5. The molecule has 0 spiro atoms. The van der Waals surface area contributed by atoms with E-state index in [-0.39, 0.29) is 17.4 Å². The third-order valence-electron chi connectivity index (χ3n) is 3.91. The van der Waals surface area contributed by atoms with Gasteiger partial charge in [-0.3, -0.25) is 4.79 Å². The number of amides is 1. The average molecular weight is 281 g/mol. The van der Waals surface area contributed by atoms with E-state index in [0.29, 0.717) is 5.69 Å². The molecule has 2 N–H and O–H groups in total. The Kier molecular flexibility index (Phi) is 5.74. The van der Waals surface area contributed by atoms with Gasteiger partial charge >= 0.3 is 0 Å². The third-order valence-corrected chi connectivity index (χ3v) is 3.91. The predicted octanol–water partition coefficient (Wildman–Crippen LogP) is 2.30. The molecule has 0 saturated heterocycles. The summed E-state index contributed by atoms with van der Waals surface area (Å²) in [6, 6.07) is 0.0372. The highest BCUT2D eigenvalue weighted by atomic mass is 16.5. The summed E-state index contributed by atoms with van der Waals surface area (Å²) in [5.74, 6) is 0.609. The van der Waals surface area contributed by atoms with Gasteiger partial charge < -0.3 is 15.2 Å². The van der Waals surface area contributed by atoms with Crippen LogP contribution < -0.4 is 10.6 Å². The lowest BCUT2D eigenvalue weighted by molar-refractivity contribution is 0.0893. The molecule has 0 bridgehead atoms. The zero-order valence-electron chi connectivity index (χ0n) is 13.5. The van der Waals surface area contributed by atoms with E-state index in [1.165, 1.54) is 0 Å². The fourth-order valence-corrected chi connectivity index (χ4v) is 1.97. The van der Waals surface area contributed by atoms with E-state index < -0.39 is 0 Å². The van der Waals surface area contributed by atoms with Crippen LogP contribution in [0.15, 0.2) is 4.52 Å². The topological polar surface area (TPSA) is 67.2 Å². The smallest absolute Gasteiger partial charge is 0.273 e. The van der Waals surface area contributed by atoms with Gasteiger partial charge in [0, 0.05) is 24.6 Å². The Morgan fingerprint density at radius 2 is 2.05 bits per heavy atom. The fourth-order valence-electron chi connectivity index (χ4n) is 1.97. The zero-order chi connectivity index (χ0) is 15.3. The molecular weight excluding hydrogens is 254 g/mol. The molecule has 1 heterocycles. The minimum Gasteiger partial charge on any atom is -0.360 e. The lowest BCUT2D eigenvalue weighted by Gasteiger charge is -2.32. The molecule has 0 aliphatic heterocycles. The van der Waals surface area contributed by atoms with Crippen LogP contribution in [0.2, 0.25) is 0 Å². The van der Waals surface area contributed by atoms with Gasteiger partial charge in [-0.2, -0.15) is 0 Å². The minimum atomic E-state index is -0.164. The van der Waals surface area contributed by atoms with Crippen LogP contribution in [0.25, 0.3) is 0 Å². The number of rotatable bonds is 7. The molecule has 5 nitrogen and oxygen atoms in total. The van der Waals surface area contributed by atoms with E-state index in [9.17, 15) is 4.79 Å². The second-order valence-electron chi connectivity index (χ2n) is 5.90. The molecule has 1 amide bonds. The number of hydrogen-bond acceptors (Lipinski definition) is 4. The third kappa shape index (κ3) is 3.82. The number of carbonyl (C=O) groups is 1. The average Bonchev–Trinajstić information content (AvgIpc) is 2.77. The van der Waals surface area contributed by atoms with E-state index in [1.807, 2.05) is 20.8 Å². The number of aromatic nitrogens is 1. The second-order valence-corrected chi connectivity index (χ2v) is 5.90. The molecule has 1 aromatic rings. The van der Waals surface area contributed by atoms with Crippen molar-refractivity contribution in [3.05, 3.63) is 17.0 Å². The van der Waals surface area contributed by atoms with Crippen molar-refractivity contribution in [2.75, 3.05) is 13.1 Å². The van der Waals surface area contributed by atoms with Gasteiger partial charge in [0.1, 0.15) is 5.76 Å². The Morgan fingerprint density at radius 1 is 1.40 bits per heavy atom. The first kappa shape index (κ1) is 16.7. The summed E-state index contributed by atoms with van der Waals surface area (Å²) >= 11 is 0. The number of carbonyl (C=O) groups excluding carboxylic acids is 1. The van der Waals surface area contributed by atoms with E-state index in [2.05, 4.69) is 36.6 Å². The maximum absolute atomic E-state index is 12.3. The van der Waals surface area contributed by atoms with Crippen LogP contribution in [-0.2, 0) is 6.42 Å². The monoisotopic (exact) mass is 281 g/mol. The SMILES string of the molecule is CCNCC(C)(C)C(C)NC(=O)c1noc(CC)c1C. The maximum Gasteiger partial charge on any atom is 0.273 e. The Labute approximate surface area is 121 Å². The molecule has 1 aromatic heterocycles. The lowest BCUT2D eigenvalue weighted by Crippen LogP contribution is -2.47. The first-order valence-electron chi connectivity index (χ1n) is 7.30. The van der Waals surface area contributed by atoms with E-state index in [0.717, 1.165) is 30.8 Å². The first-order chi connectivity index (χ1) is 9.33. The summed E-state index contributed by atoms with van der Waals surface area (Å²) < 4.78 is 5.17. The van der Waals surface area contributed by atoms with Crippen molar-refractivity contribution in [3.63, 3.8) is 0 Å². The molecule has 0 aliphatic carbocycles. The van der Waals surface area contributed by atoms with Gasteiger partial charge in [0.25, 0.3) is 5.91 Å². The van der Waals surface area contributed by atoms with Gasteiger partial charge in [0.05, 0.1) is 0 Å². The van der Waals surface area contributed by atoms with Crippen molar-refractivity contribution in [3.8, 4) is 0 Å². The Morgan fingerprint density at radius 3 is 2.55 bits per heavy atom. The summed E-state index contributed by atoms with van der Waals surface area (Å²) in [5.41, 5.74) is 1.20. The number of nitrogens with zero attached hydrogens (tertiary/aromatic N) is 1. The molecule has 0 radical (unpaired) electrons. The standard InChI is InChI=1S/C15H27N3O2/c1-7-12-10(3)13(18-20-12)14(19)17-11(4)15(5,6)9-16-8-2/h11,16H,7-9H2,1-6H3,(H,17,19). The molecular formula is C15H27N3O2. The molecule has 20 heavy (non-hydrogen) atoms. The summed E-state index contributed by atoms with van der Waals surface area (Å²) in [7, 11) is 0. The van der Waals surface area contributed by atoms with Gasteiger partial charge in [0.2, 0.25) is 0 Å². The minimum absolute atomic E-state index is 0.0309. The van der Waals surface area contributed by atoms with Crippen LogP contribution in [0.5, 0.6) is 0 Å². The van der Waals surface area contributed by atoms with Crippen molar-refractivity contribution < 1.29 is 9.32 Å². The highest BCUT2D eigenvalue weighted by molar-refractivity contribution is 5.93. The van der Waals surface area contributed by atoms with E-state index >= 15 is 0 Å². The molecule has 114 valence electrons. The van der Waals surface area contributed by atoms with Crippen LogP contribution in [-0.4, -0.2) is 30.2 Å². The van der Waals surface area contributed by atoms with Gasteiger partial charge in [-0.1, -0.05) is 32.9 Å². The number of aryl methyl sites for hydroxylation is 1. The highest BCUT2D eigenvalue weighted by Crippen LogP contribution is 2.20. The quantitative estimate of drug-likeness (QED) is 0.805. The predicted molar refractivity (Wildman–Crippen MR) is 79.9 cm³/mol. The van der Waals surface area contributed by atoms with E-state index in [4.69, 9.17) is 4.52 Å². The summed E-state index contributed by atoms with van der Waals surface area (Å²) in [4.78, 5) is 12.3. The Balaban J connectivity index is 2.72. The number of hydrogen-bond donors (Lipinski definition) is 2. The van der Waals surface area contributed by atoms with Gasteiger partial charge in [-0.15, -0.1) is 0 Å².